The summed E-state index contributed by atoms with van der Waals surface area (Å²) in [5.74, 6) is -0.596. The van der Waals surface area contributed by atoms with Gasteiger partial charge in [0.2, 0.25) is 5.91 Å². The van der Waals surface area contributed by atoms with E-state index in [2.05, 4.69) is 10.6 Å². The van der Waals surface area contributed by atoms with Gasteiger partial charge in [-0.3, -0.25) is 4.79 Å². The molecule has 5 nitrogen and oxygen atoms in total. The van der Waals surface area contributed by atoms with Crippen LogP contribution in [0.25, 0.3) is 0 Å². The highest BCUT2D eigenvalue weighted by Gasteiger charge is 2.22. The van der Waals surface area contributed by atoms with E-state index in [1.807, 2.05) is 0 Å². The minimum absolute atomic E-state index is 0.0186. The lowest BCUT2D eigenvalue weighted by Crippen LogP contribution is -2.46. The standard InChI is InChI=1S/C12H13FN2O3S/c13-7-1-2-8(12(17)18)9(5-7)15-11(16)10-6-19-4-3-14-10/h1-2,5,10,14H,3-4,6H2,(H,15,16)(H,17,18). The molecule has 1 aliphatic rings. The summed E-state index contributed by atoms with van der Waals surface area (Å²) in [6.07, 6.45) is 0. The summed E-state index contributed by atoms with van der Waals surface area (Å²) in [5, 5.41) is 14.5. The van der Waals surface area contributed by atoms with Gasteiger partial charge in [-0.1, -0.05) is 0 Å². The molecule has 0 aromatic heterocycles. The van der Waals surface area contributed by atoms with Gasteiger partial charge in [0.25, 0.3) is 0 Å². The third-order valence-electron chi connectivity index (χ3n) is 2.71. The van der Waals surface area contributed by atoms with Crippen LogP contribution in [0.15, 0.2) is 18.2 Å². The van der Waals surface area contributed by atoms with Gasteiger partial charge in [0, 0.05) is 18.1 Å². The lowest BCUT2D eigenvalue weighted by Gasteiger charge is -2.22. The van der Waals surface area contributed by atoms with Gasteiger partial charge in [-0.25, -0.2) is 9.18 Å². The Bertz CT molecular complexity index is 504. The highest BCUT2D eigenvalue weighted by molar-refractivity contribution is 7.99. The van der Waals surface area contributed by atoms with E-state index in [1.54, 1.807) is 11.8 Å². The molecule has 2 rings (SSSR count). The molecule has 3 N–H and O–H groups in total. The maximum atomic E-state index is 13.1. The van der Waals surface area contributed by atoms with Crippen LogP contribution in [0.3, 0.4) is 0 Å². The van der Waals surface area contributed by atoms with E-state index in [0.29, 0.717) is 5.75 Å². The van der Waals surface area contributed by atoms with Crippen LogP contribution in [0, 0.1) is 5.82 Å². The number of carboxylic acids is 1. The SMILES string of the molecule is O=C(O)c1ccc(F)cc1NC(=O)C1CSCCN1. The minimum atomic E-state index is -1.21. The lowest BCUT2D eigenvalue weighted by molar-refractivity contribution is -0.117. The maximum absolute atomic E-state index is 13.1. The van der Waals surface area contributed by atoms with Gasteiger partial charge in [0.15, 0.2) is 0 Å². The number of halogens is 1. The van der Waals surface area contributed by atoms with Crippen LogP contribution in [-0.2, 0) is 4.79 Å². The fourth-order valence-electron chi connectivity index (χ4n) is 1.76. The first-order valence-corrected chi connectivity index (χ1v) is 6.88. The Morgan fingerprint density at radius 1 is 1.47 bits per heavy atom. The molecular weight excluding hydrogens is 271 g/mol. The van der Waals surface area contributed by atoms with Gasteiger partial charge >= 0.3 is 5.97 Å². The van der Waals surface area contributed by atoms with Gasteiger partial charge in [-0.15, -0.1) is 0 Å². The zero-order chi connectivity index (χ0) is 13.8. The van der Waals surface area contributed by atoms with E-state index >= 15 is 0 Å². The normalized spacial score (nSPS) is 18.9. The van der Waals surface area contributed by atoms with Crippen molar-refractivity contribution in [2.75, 3.05) is 23.4 Å². The number of carbonyl (C=O) groups is 2. The molecule has 0 bridgehead atoms. The Labute approximate surface area is 113 Å². The number of amides is 1. The molecule has 1 aromatic rings. The van der Waals surface area contributed by atoms with Crippen molar-refractivity contribution in [3.63, 3.8) is 0 Å². The third kappa shape index (κ3) is 3.45. The van der Waals surface area contributed by atoms with Crippen LogP contribution in [0.1, 0.15) is 10.4 Å². The van der Waals surface area contributed by atoms with Gasteiger partial charge in [0.05, 0.1) is 17.3 Å². The topological polar surface area (TPSA) is 78.4 Å². The van der Waals surface area contributed by atoms with Gasteiger partial charge in [0.1, 0.15) is 5.82 Å². The van der Waals surface area contributed by atoms with Crippen molar-refractivity contribution in [3.05, 3.63) is 29.6 Å². The molecule has 0 saturated carbocycles. The van der Waals surface area contributed by atoms with E-state index in [4.69, 9.17) is 5.11 Å². The molecular formula is C12H13FN2O3S. The molecule has 1 amide bonds. The number of hydrogen-bond acceptors (Lipinski definition) is 4. The molecule has 0 spiro atoms. The van der Waals surface area contributed by atoms with Crippen molar-refractivity contribution in [2.45, 2.75) is 6.04 Å². The van der Waals surface area contributed by atoms with Crippen LogP contribution < -0.4 is 10.6 Å². The first kappa shape index (κ1) is 13.8. The molecule has 0 aliphatic carbocycles. The Hall–Kier alpha value is -1.60. The molecule has 1 fully saturated rings. The van der Waals surface area contributed by atoms with Crippen LogP contribution >= 0.6 is 11.8 Å². The van der Waals surface area contributed by atoms with E-state index in [1.165, 1.54) is 0 Å². The zero-order valence-electron chi connectivity index (χ0n) is 9.98. The number of benzene rings is 1. The van der Waals surface area contributed by atoms with Crippen LogP contribution in [0.4, 0.5) is 10.1 Å². The van der Waals surface area contributed by atoms with Crippen molar-refractivity contribution in [3.8, 4) is 0 Å². The highest BCUT2D eigenvalue weighted by Crippen LogP contribution is 2.18. The zero-order valence-corrected chi connectivity index (χ0v) is 10.8. The number of nitrogens with one attached hydrogen (secondary N) is 2. The van der Waals surface area contributed by atoms with E-state index < -0.39 is 11.8 Å². The predicted octanol–water partition coefficient (Wildman–Crippen LogP) is 1.17. The maximum Gasteiger partial charge on any atom is 0.337 e. The van der Waals surface area contributed by atoms with Crippen LogP contribution in [-0.4, -0.2) is 41.1 Å². The molecule has 1 atom stereocenters. The fourth-order valence-corrected chi connectivity index (χ4v) is 2.69. The molecule has 19 heavy (non-hydrogen) atoms. The largest absolute Gasteiger partial charge is 0.478 e. The molecule has 0 radical (unpaired) electrons. The number of carboxylic acid groups (broad SMARTS) is 1. The average Bonchev–Trinajstić information content (AvgIpc) is 2.39. The van der Waals surface area contributed by atoms with Gasteiger partial charge in [-0.05, 0) is 18.2 Å². The van der Waals surface area contributed by atoms with Crippen molar-refractivity contribution in [2.24, 2.45) is 0 Å². The Morgan fingerprint density at radius 2 is 2.26 bits per heavy atom. The molecule has 7 heteroatoms. The van der Waals surface area contributed by atoms with Crippen molar-refractivity contribution in [1.29, 1.82) is 0 Å². The number of aromatic carboxylic acids is 1. The quantitative estimate of drug-likeness (QED) is 0.776. The van der Waals surface area contributed by atoms with Crippen molar-refractivity contribution in [1.82, 2.24) is 5.32 Å². The highest BCUT2D eigenvalue weighted by atomic mass is 32.2. The first-order valence-electron chi connectivity index (χ1n) is 5.73. The Balaban J connectivity index is 2.15. The number of rotatable bonds is 3. The second-order valence-corrected chi connectivity index (χ2v) is 5.22. The Morgan fingerprint density at radius 3 is 2.89 bits per heavy atom. The molecule has 1 aromatic carbocycles. The number of carbonyl (C=O) groups excluding carboxylic acids is 1. The molecule has 102 valence electrons. The summed E-state index contributed by atoms with van der Waals surface area (Å²) in [6, 6.07) is 2.81. The third-order valence-corrected chi connectivity index (χ3v) is 3.77. The summed E-state index contributed by atoms with van der Waals surface area (Å²) >= 11 is 1.64. The van der Waals surface area contributed by atoms with E-state index in [-0.39, 0.29) is 23.2 Å². The summed E-state index contributed by atoms with van der Waals surface area (Å²) in [7, 11) is 0. The summed E-state index contributed by atoms with van der Waals surface area (Å²) in [6.45, 7) is 0.720. The van der Waals surface area contributed by atoms with E-state index in [0.717, 1.165) is 30.5 Å². The molecule has 1 saturated heterocycles. The van der Waals surface area contributed by atoms with Gasteiger partial charge < -0.3 is 15.7 Å². The number of anilines is 1. The number of hydrogen-bond donors (Lipinski definition) is 3. The summed E-state index contributed by atoms with van der Waals surface area (Å²) < 4.78 is 13.1. The number of thioether (sulfide) groups is 1. The second-order valence-electron chi connectivity index (χ2n) is 4.07. The average molecular weight is 284 g/mol. The van der Waals surface area contributed by atoms with E-state index in [9.17, 15) is 14.0 Å². The van der Waals surface area contributed by atoms with Crippen LogP contribution in [0.2, 0.25) is 0 Å². The summed E-state index contributed by atoms with van der Waals surface area (Å²) in [4.78, 5) is 22.9. The first-order chi connectivity index (χ1) is 9.08. The minimum Gasteiger partial charge on any atom is -0.478 e. The fraction of sp³-hybridized carbons (Fsp3) is 0.333. The molecule has 1 heterocycles. The summed E-state index contributed by atoms with van der Waals surface area (Å²) in [5.41, 5.74) is -0.145. The van der Waals surface area contributed by atoms with Crippen molar-refractivity contribution < 1.29 is 19.1 Å². The molecule has 1 unspecified atom stereocenters. The lowest BCUT2D eigenvalue weighted by atomic mass is 10.1. The smallest absolute Gasteiger partial charge is 0.337 e. The molecule has 1 aliphatic heterocycles. The predicted molar refractivity (Wildman–Crippen MR) is 71.1 cm³/mol. The van der Waals surface area contributed by atoms with Crippen molar-refractivity contribution >= 4 is 29.3 Å². The van der Waals surface area contributed by atoms with Crippen LogP contribution in [0.5, 0.6) is 0 Å². The van der Waals surface area contributed by atoms with Gasteiger partial charge in [-0.2, -0.15) is 11.8 Å². The Kier molecular flexibility index (Phi) is 4.39. The second kappa shape index (κ2) is 6.03. The monoisotopic (exact) mass is 284 g/mol.